The summed E-state index contributed by atoms with van der Waals surface area (Å²) >= 11 is 0. The second-order valence-corrected chi connectivity index (χ2v) is 9.21. The Morgan fingerprint density at radius 1 is 1.06 bits per heavy atom. The van der Waals surface area contributed by atoms with Gasteiger partial charge in [0.25, 0.3) is 0 Å². The molecule has 0 unspecified atom stereocenters. The number of anilines is 1. The maximum atomic E-state index is 13.7. The molecule has 0 atom stereocenters. The van der Waals surface area contributed by atoms with E-state index >= 15 is 0 Å². The zero-order chi connectivity index (χ0) is 22.9. The summed E-state index contributed by atoms with van der Waals surface area (Å²) in [5.41, 5.74) is 1.99. The topological polar surface area (TPSA) is 122 Å². The van der Waals surface area contributed by atoms with E-state index < -0.39 is 21.8 Å². The number of benzene rings is 2. The molecule has 2 amide bonds. The molecule has 1 saturated heterocycles. The van der Waals surface area contributed by atoms with E-state index in [0.29, 0.717) is 25.9 Å². The molecule has 1 aliphatic heterocycles. The van der Waals surface area contributed by atoms with Gasteiger partial charge in [-0.3, -0.25) is 14.6 Å². The molecule has 0 spiro atoms. The lowest BCUT2D eigenvalue weighted by Crippen LogP contribution is -2.43. The van der Waals surface area contributed by atoms with Crippen molar-refractivity contribution >= 4 is 38.4 Å². The van der Waals surface area contributed by atoms with Gasteiger partial charge < -0.3 is 10.2 Å². The van der Waals surface area contributed by atoms with Crippen LogP contribution in [0.2, 0.25) is 0 Å². The van der Waals surface area contributed by atoms with Crippen LogP contribution in [0.4, 0.5) is 10.1 Å². The lowest BCUT2D eigenvalue weighted by molar-refractivity contribution is -0.143. The summed E-state index contributed by atoms with van der Waals surface area (Å²) in [5, 5.41) is 8.28. The first-order valence-electron chi connectivity index (χ1n) is 9.99. The molecular weight excluding hydrogens is 435 g/mol. The quantitative estimate of drug-likeness (QED) is 0.586. The van der Waals surface area contributed by atoms with Gasteiger partial charge in [0.15, 0.2) is 0 Å². The molecule has 0 radical (unpaired) electrons. The Morgan fingerprint density at radius 2 is 1.75 bits per heavy atom. The molecule has 1 fully saturated rings. The number of nitrogens with zero attached hydrogens (tertiary/aromatic N) is 2. The van der Waals surface area contributed by atoms with E-state index in [0.717, 1.165) is 16.5 Å². The number of halogens is 1. The molecule has 2 heterocycles. The van der Waals surface area contributed by atoms with Gasteiger partial charge in [-0.1, -0.05) is 0 Å². The molecule has 3 aromatic rings. The van der Waals surface area contributed by atoms with Crippen LogP contribution >= 0.6 is 0 Å². The van der Waals surface area contributed by atoms with Crippen LogP contribution in [0.1, 0.15) is 24.3 Å². The zero-order valence-electron chi connectivity index (χ0n) is 17.0. The van der Waals surface area contributed by atoms with Crippen LogP contribution in [-0.2, 0) is 19.6 Å². The van der Waals surface area contributed by atoms with E-state index in [1.54, 1.807) is 12.3 Å². The van der Waals surface area contributed by atoms with Crippen molar-refractivity contribution in [2.45, 2.75) is 23.7 Å². The molecule has 4 rings (SSSR count). The molecule has 2 aromatic carbocycles. The number of carbonyl (C=O) groups is 2. The van der Waals surface area contributed by atoms with Gasteiger partial charge in [0, 0.05) is 30.4 Å². The maximum absolute atomic E-state index is 13.7. The van der Waals surface area contributed by atoms with Crippen molar-refractivity contribution < 1.29 is 22.4 Å². The molecule has 0 aliphatic carbocycles. The first-order chi connectivity index (χ1) is 15.2. The lowest BCUT2D eigenvalue weighted by Gasteiger charge is -2.32. The summed E-state index contributed by atoms with van der Waals surface area (Å²) < 4.78 is 36.4. The minimum Gasteiger partial charge on any atom is -0.334 e. The van der Waals surface area contributed by atoms with Crippen LogP contribution in [0.15, 0.2) is 59.6 Å². The number of piperidine rings is 1. The molecule has 1 aromatic heterocycles. The smallest absolute Gasteiger partial charge is 0.313 e. The predicted molar refractivity (Wildman–Crippen MR) is 117 cm³/mol. The second-order valence-electron chi connectivity index (χ2n) is 7.65. The number of aromatic nitrogens is 1. The van der Waals surface area contributed by atoms with Crippen molar-refractivity contribution in [1.82, 2.24) is 9.88 Å². The molecule has 0 saturated carbocycles. The molecule has 3 N–H and O–H groups in total. The average molecular weight is 456 g/mol. The second kappa shape index (κ2) is 8.64. The number of nitrogens with two attached hydrogens (primary N) is 1. The van der Waals surface area contributed by atoms with Gasteiger partial charge in [0.1, 0.15) is 5.82 Å². The first kappa shape index (κ1) is 21.8. The summed E-state index contributed by atoms with van der Waals surface area (Å²) in [6.45, 7) is 0.779. The Bertz CT molecular complexity index is 1290. The Labute approximate surface area is 184 Å². The number of pyridine rings is 1. The molecular formula is C22H21FN4O4S. The van der Waals surface area contributed by atoms with Crippen molar-refractivity contribution in [3.63, 3.8) is 0 Å². The highest BCUT2D eigenvalue weighted by Gasteiger charge is 2.28. The largest absolute Gasteiger partial charge is 0.334 e. The fraction of sp³-hybridized carbons (Fsp3) is 0.227. The summed E-state index contributed by atoms with van der Waals surface area (Å²) in [4.78, 5) is 30.6. The zero-order valence-corrected chi connectivity index (χ0v) is 17.8. The number of hydrogen-bond acceptors (Lipinski definition) is 5. The van der Waals surface area contributed by atoms with E-state index in [2.05, 4.69) is 10.3 Å². The molecule has 8 nitrogen and oxygen atoms in total. The number of primary sulfonamides is 1. The summed E-state index contributed by atoms with van der Waals surface area (Å²) in [7, 11) is -3.84. The summed E-state index contributed by atoms with van der Waals surface area (Å²) in [6.07, 6.45) is 2.97. The number of rotatable bonds is 3. The van der Waals surface area contributed by atoms with Crippen LogP contribution in [0.3, 0.4) is 0 Å². The first-order valence-corrected chi connectivity index (χ1v) is 11.5. The number of likely N-dealkylation sites (tertiary alicyclic amines) is 1. The molecule has 1 aliphatic rings. The van der Waals surface area contributed by atoms with Crippen molar-refractivity contribution in [3.8, 4) is 0 Å². The van der Waals surface area contributed by atoms with Gasteiger partial charge in [-0.2, -0.15) is 0 Å². The van der Waals surface area contributed by atoms with Crippen LogP contribution in [-0.4, -0.2) is 43.2 Å². The third-order valence-corrected chi connectivity index (χ3v) is 6.52. The maximum Gasteiger partial charge on any atom is 0.313 e. The number of nitrogens with one attached hydrogen (secondary N) is 1. The van der Waals surface area contributed by atoms with Crippen LogP contribution in [0.5, 0.6) is 0 Å². The molecule has 166 valence electrons. The number of carbonyl (C=O) groups excluding carboxylic acids is 2. The third kappa shape index (κ3) is 4.61. The fourth-order valence-corrected chi connectivity index (χ4v) is 4.46. The normalized spacial score (nSPS) is 15.0. The van der Waals surface area contributed by atoms with Crippen molar-refractivity contribution in [1.29, 1.82) is 0 Å². The number of hydrogen-bond donors (Lipinski definition) is 2. The van der Waals surface area contributed by atoms with Crippen molar-refractivity contribution in [3.05, 3.63) is 66.1 Å². The van der Waals surface area contributed by atoms with Gasteiger partial charge in [0.05, 0.1) is 10.4 Å². The lowest BCUT2D eigenvalue weighted by atomic mass is 9.87. The third-order valence-electron chi connectivity index (χ3n) is 5.59. The fourth-order valence-electron chi connectivity index (χ4n) is 3.95. The van der Waals surface area contributed by atoms with Crippen molar-refractivity contribution in [2.24, 2.45) is 5.14 Å². The Balaban J connectivity index is 1.39. The standard InChI is InChI=1S/C22H21FN4O4S/c23-15-1-6-20-19(13-15)18(7-10-25-20)14-8-11-27(12-9-14)22(29)21(28)26-16-2-4-17(5-3-16)32(24,30)31/h1-7,10,13-14H,8-9,11-12H2,(H,26,28)(H2,24,30,31). The van der Waals surface area contributed by atoms with E-state index in [4.69, 9.17) is 5.14 Å². The summed E-state index contributed by atoms with van der Waals surface area (Å²) in [5.74, 6) is -1.67. The van der Waals surface area contributed by atoms with Gasteiger partial charge >= 0.3 is 11.8 Å². The predicted octanol–water partition coefficient (Wildman–Crippen LogP) is 2.37. The molecule has 10 heteroatoms. The monoisotopic (exact) mass is 456 g/mol. The number of fused-ring (bicyclic) bond motifs is 1. The van der Waals surface area contributed by atoms with E-state index in [9.17, 15) is 22.4 Å². The van der Waals surface area contributed by atoms with Crippen molar-refractivity contribution in [2.75, 3.05) is 18.4 Å². The van der Waals surface area contributed by atoms with Crippen LogP contribution in [0.25, 0.3) is 10.9 Å². The Kier molecular flexibility index (Phi) is 5.90. The number of amides is 2. The number of sulfonamides is 1. The minimum absolute atomic E-state index is 0.0904. The Hall–Kier alpha value is -3.37. The van der Waals surface area contributed by atoms with Gasteiger partial charge in [0.2, 0.25) is 10.0 Å². The van der Waals surface area contributed by atoms with E-state index in [-0.39, 0.29) is 22.3 Å². The highest BCUT2D eigenvalue weighted by molar-refractivity contribution is 7.89. The molecule has 32 heavy (non-hydrogen) atoms. The van der Waals surface area contributed by atoms with Crippen LogP contribution < -0.4 is 10.5 Å². The van der Waals surface area contributed by atoms with Gasteiger partial charge in [-0.05, 0) is 72.9 Å². The Morgan fingerprint density at radius 3 is 2.41 bits per heavy atom. The minimum atomic E-state index is -3.84. The van der Waals surface area contributed by atoms with Gasteiger partial charge in [-0.25, -0.2) is 17.9 Å². The van der Waals surface area contributed by atoms with E-state index in [1.165, 1.54) is 41.3 Å². The average Bonchev–Trinajstić information content (AvgIpc) is 2.78. The van der Waals surface area contributed by atoms with E-state index in [1.807, 2.05) is 6.07 Å². The van der Waals surface area contributed by atoms with Gasteiger partial charge in [-0.15, -0.1) is 0 Å². The highest BCUT2D eigenvalue weighted by atomic mass is 32.2. The van der Waals surface area contributed by atoms with Crippen LogP contribution in [0, 0.1) is 5.82 Å². The molecule has 0 bridgehead atoms. The summed E-state index contributed by atoms with van der Waals surface area (Å²) in [6, 6.07) is 11.6. The SMILES string of the molecule is NS(=O)(=O)c1ccc(NC(=O)C(=O)N2CCC(c3ccnc4ccc(F)cc34)CC2)cc1. The highest BCUT2D eigenvalue weighted by Crippen LogP contribution is 2.32.